The molecule has 0 aliphatic carbocycles. The molecule has 0 spiro atoms. The molecule has 2 aromatic heterocycles. The highest BCUT2D eigenvalue weighted by atomic mass is 16.5. The lowest BCUT2D eigenvalue weighted by Gasteiger charge is -2.13. The molecule has 2 heterocycles. The zero-order valence-electron chi connectivity index (χ0n) is 17.8. The Morgan fingerprint density at radius 2 is 1.93 bits per heavy atom. The molecule has 30 heavy (non-hydrogen) atoms. The fraction of sp³-hybridized carbons (Fsp3) is 0.292. The molecule has 2 aromatic carbocycles. The van der Waals surface area contributed by atoms with Gasteiger partial charge in [-0.15, -0.1) is 0 Å². The summed E-state index contributed by atoms with van der Waals surface area (Å²) in [5.41, 5.74) is 5.56. The Hall–Kier alpha value is -3.43. The number of hydrogen-bond donors (Lipinski definition) is 0. The molecule has 4 rings (SSSR count). The molecular formula is C24H25N5O. The van der Waals surface area contributed by atoms with Crippen molar-refractivity contribution in [3.05, 3.63) is 53.7 Å². The van der Waals surface area contributed by atoms with Gasteiger partial charge in [0.25, 0.3) is 0 Å². The van der Waals surface area contributed by atoms with Gasteiger partial charge in [-0.05, 0) is 57.2 Å². The van der Waals surface area contributed by atoms with E-state index in [9.17, 15) is 0 Å². The van der Waals surface area contributed by atoms with Gasteiger partial charge in [0.15, 0.2) is 0 Å². The second kappa shape index (κ2) is 8.13. The standard InChI is InChI=1S/C24H25N5O/c1-28(2)11-5-6-18-12-19-20(13-22(18)30-4)26-15-21-23(19)24(27-29(21)3)17-9-7-16(14-25)8-10-17/h7-10,12-13,15H,5-6,11H2,1-4H3. The number of pyridine rings is 1. The molecule has 0 amide bonds. The lowest BCUT2D eigenvalue weighted by molar-refractivity contribution is 0.391. The van der Waals surface area contributed by atoms with E-state index in [0.29, 0.717) is 5.56 Å². The minimum atomic E-state index is 0.637. The van der Waals surface area contributed by atoms with Gasteiger partial charge in [-0.3, -0.25) is 9.67 Å². The predicted octanol–water partition coefficient (Wildman–Crippen LogP) is 4.16. The van der Waals surface area contributed by atoms with Gasteiger partial charge in [0.2, 0.25) is 0 Å². The van der Waals surface area contributed by atoms with Crippen LogP contribution >= 0.6 is 0 Å². The van der Waals surface area contributed by atoms with Crippen molar-refractivity contribution in [3.8, 4) is 23.1 Å². The molecule has 6 heteroatoms. The Morgan fingerprint density at radius 1 is 1.17 bits per heavy atom. The monoisotopic (exact) mass is 399 g/mol. The summed E-state index contributed by atoms with van der Waals surface area (Å²) in [5, 5.41) is 16.0. The number of nitrogens with zero attached hydrogens (tertiary/aromatic N) is 5. The van der Waals surface area contributed by atoms with Gasteiger partial charge in [-0.25, -0.2) is 0 Å². The molecular weight excluding hydrogens is 374 g/mol. The third-order valence-electron chi connectivity index (χ3n) is 5.42. The molecule has 0 aliphatic rings. The molecule has 6 nitrogen and oxygen atoms in total. The third kappa shape index (κ3) is 3.60. The predicted molar refractivity (Wildman–Crippen MR) is 120 cm³/mol. The lowest BCUT2D eigenvalue weighted by atomic mass is 9.99. The molecule has 0 aliphatic heterocycles. The molecule has 0 bridgehead atoms. The first kappa shape index (κ1) is 19.9. The van der Waals surface area contributed by atoms with Crippen molar-refractivity contribution in [1.29, 1.82) is 5.26 Å². The van der Waals surface area contributed by atoms with Crippen LogP contribution < -0.4 is 4.74 Å². The summed E-state index contributed by atoms with van der Waals surface area (Å²) < 4.78 is 7.53. The van der Waals surface area contributed by atoms with E-state index in [0.717, 1.165) is 58.2 Å². The zero-order valence-corrected chi connectivity index (χ0v) is 17.8. The largest absolute Gasteiger partial charge is 0.496 e. The highest BCUT2D eigenvalue weighted by Crippen LogP contribution is 2.36. The van der Waals surface area contributed by atoms with Crippen LogP contribution in [0.2, 0.25) is 0 Å². The SMILES string of the molecule is COc1cc2ncc3c(c(-c4ccc(C#N)cc4)nn3C)c2cc1CCCN(C)C. The van der Waals surface area contributed by atoms with Crippen LogP contribution in [0, 0.1) is 11.3 Å². The van der Waals surface area contributed by atoms with Crippen LogP contribution in [0.25, 0.3) is 33.1 Å². The van der Waals surface area contributed by atoms with Crippen LogP contribution in [0.5, 0.6) is 5.75 Å². The molecule has 4 aromatic rings. The van der Waals surface area contributed by atoms with Gasteiger partial charge in [-0.1, -0.05) is 12.1 Å². The van der Waals surface area contributed by atoms with Gasteiger partial charge < -0.3 is 9.64 Å². The fourth-order valence-electron chi connectivity index (χ4n) is 3.88. The van der Waals surface area contributed by atoms with E-state index in [2.05, 4.69) is 36.1 Å². The molecule has 152 valence electrons. The van der Waals surface area contributed by atoms with Crippen molar-refractivity contribution in [2.24, 2.45) is 7.05 Å². The van der Waals surface area contributed by atoms with Crippen LogP contribution in [-0.2, 0) is 13.5 Å². The molecule has 0 saturated heterocycles. The Labute approximate surface area is 176 Å². The number of aryl methyl sites for hydroxylation is 2. The second-order valence-corrected chi connectivity index (χ2v) is 7.77. The number of nitriles is 1. The Kier molecular flexibility index (Phi) is 5.39. The summed E-state index contributed by atoms with van der Waals surface area (Å²) in [5.74, 6) is 0.872. The maximum atomic E-state index is 9.11. The smallest absolute Gasteiger partial charge is 0.124 e. The Balaban J connectivity index is 1.91. The van der Waals surface area contributed by atoms with E-state index in [1.54, 1.807) is 7.11 Å². The van der Waals surface area contributed by atoms with Crippen LogP contribution in [-0.4, -0.2) is 47.4 Å². The van der Waals surface area contributed by atoms with Crippen molar-refractivity contribution in [2.75, 3.05) is 27.7 Å². The van der Waals surface area contributed by atoms with Crippen molar-refractivity contribution >= 4 is 21.8 Å². The van der Waals surface area contributed by atoms with Crippen molar-refractivity contribution in [2.45, 2.75) is 12.8 Å². The Bertz CT molecular complexity index is 1250. The van der Waals surface area contributed by atoms with Gasteiger partial charge in [0.05, 0.1) is 36.0 Å². The highest BCUT2D eigenvalue weighted by Gasteiger charge is 2.17. The summed E-state index contributed by atoms with van der Waals surface area (Å²) in [4.78, 5) is 6.86. The number of hydrogen-bond acceptors (Lipinski definition) is 5. The van der Waals surface area contributed by atoms with E-state index in [-0.39, 0.29) is 0 Å². The summed E-state index contributed by atoms with van der Waals surface area (Å²) >= 11 is 0. The first-order valence-electron chi connectivity index (χ1n) is 9.99. The third-order valence-corrected chi connectivity index (χ3v) is 5.42. The van der Waals surface area contributed by atoms with Crippen molar-refractivity contribution < 1.29 is 4.74 Å². The van der Waals surface area contributed by atoms with Crippen molar-refractivity contribution in [3.63, 3.8) is 0 Å². The van der Waals surface area contributed by atoms with Gasteiger partial charge in [0.1, 0.15) is 11.4 Å². The topological polar surface area (TPSA) is 67.0 Å². The fourth-order valence-corrected chi connectivity index (χ4v) is 3.88. The number of methoxy groups -OCH3 is 1. The normalized spacial score (nSPS) is 11.3. The first-order valence-corrected chi connectivity index (χ1v) is 9.99. The maximum Gasteiger partial charge on any atom is 0.124 e. The van der Waals surface area contributed by atoms with E-state index in [4.69, 9.17) is 15.1 Å². The van der Waals surface area contributed by atoms with Crippen LogP contribution in [0.15, 0.2) is 42.6 Å². The number of aromatic nitrogens is 3. The van der Waals surface area contributed by atoms with Crippen LogP contribution in [0.1, 0.15) is 17.5 Å². The highest BCUT2D eigenvalue weighted by molar-refractivity contribution is 6.11. The van der Waals surface area contributed by atoms with Gasteiger partial charge >= 0.3 is 0 Å². The number of rotatable bonds is 6. The molecule has 0 N–H and O–H groups in total. The first-order chi connectivity index (χ1) is 14.5. The molecule has 0 unspecified atom stereocenters. The minimum absolute atomic E-state index is 0.637. The second-order valence-electron chi connectivity index (χ2n) is 7.77. The summed E-state index contributed by atoms with van der Waals surface area (Å²) in [6.45, 7) is 1.02. The van der Waals surface area contributed by atoms with Gasteiger partial charge in [-0.2, -0.15) is 10.4 Å². The van der Waals surface area contributed by atoms with Crippen LogP contribution in [0.4, 0.5) is 0 Å². The van der Waals surface area contributed by atoms with E-state index >= 15 is 0 Å². The zero-order chi connectivity index (χ0) is 21.3. The summed E-state index contributed by atoms with van der Waals surface area (Å²) in [6, 6.07) is 14.0. The molecule has 0 atom stereocenters. The summed E-state index contributed by atoms with van der Waals surface area (Å²) in [6.07, 6.45) is 3.84. The van der Waals surface area contributed by atoms with E-state index < -0.39 is 0 Å². The summed E-state index contributed by atoms with van der Waals surface area (Å²) in [7, 11) is 7.82. The van der Waals surface area contributed by atoms with Crippen molar-refractivity contribution in [1.82, 2.24) is 19.7 Å². The van der Waals surface area contributed by atoms with Gasteiger partial charge in [0, 0.05) is 29.4 Å². The average molecular weight is 399 g/mol. The van der Waals surface area contributed by atoms with E-state index in [1.165, 1.54) is 5.56 Å². The lowest BCUT2D eigenvalue weighted by Crippen LogP contribution is -2.13. The molecule has 0 fully saturated rings. The number of ether oxygens (including phenoxy) is 1. The average Bonchev–Trinajstić information content (AvgIpc) is 3.10. The van der Waals surface area contributed by atoms with E-state index in [1.807, 2.05) is 48.3 Å². The maximum absolute atomic E-state index is 9.11. The van der Waals surface area contributed by atoms with Crippen LogP contribution in [0.3, 0.4) is 0 Å². The number of fused-ring (bicyclic) bond motifs is 3. The molecule has 0 saturated carbocycles. The quantitative estimate of drug-likeness (QED) is 0.487. The number of benzene rings is 2. The molecule has 0 radical (unpaired) electrons. The minimum Gasteiger partial charge on any atom is -0.496 e. The Morgan fingerprint density at radius 3 is 2.60 bits per heavy atom.